The molecule has 0 aromatic heterocycles. The number of nitrogens with zero attached hydrogens (tertiary/aromatic N) is 2. The van der Waals surface area contributed by atoms with Crippen molar-refractivity contribution in [2.45, 2.75) is 51.6 Å². The van der Waals surface area contributed by atoms with Crippen LogP contribution in [0, 0.1) is 13.8 Å². The van der Waals surface area contributed by atoms with Gasteiger partial charge in [-0.25, -0.2) is 0 Å². The Morgan fingerprint density at radius 2 is 1.19 bits per heavy atom. The lowest BCUT2D eigenvalue weighted by atomic mass is 9.91. The smallest absolute Gasteiger partial charge is 0.127 e. The lowest BCUT2D eigenvalue weighted by Gasteiger charge is -2.25. The van der Waals surface area contributed by atoms with Crippen molar-refractivity contribution in [1.29, 1.82) is 0 Å². The number of phenols is 2. The number of benzene rings is 2. The van der Waals surface area contributed by atoms with Crippen LogP contribution in [0.4, 0.5) is 0 Å². The molecule has 0 radical (unpaired) electrons. The average molecular weight is 350 g/mol. The van der Waals surface area contributed by atoms with Gasteiger partial charge in [-0.2, -0.15) is 0 Å². The van der Waals surface area contributed by atoms with E-state index in [-0.39, 0.29) is 23.6 Å². The highest BCUT2D eigenvalue weighted by molar-refractivity contribution is 5.85. The van der Waals surface area contributed by atoms with Crippen molar-refractivity contribution < 1.29 is 10.2 Å². The zero-order valence-corrected chi connectivity index (χ0v) is 15.4. The van der Waals surface area contributed by atoms with E-state index >= 15 is 0 Å². The quantitative estimate of drug-likeness (QED) is 0.794. The fourth-order valence-electron chi connectivity index (χ4n) is 3.36. The molecular formula is C22H26N2O2. The summed E-state index contributed by atoms with van der Waals surface area (Å²) in [6, 6.07) is 11.6. The van der Waals surface area contributed by atoms with Crippen molar-refractivity contribution in [2.24, 2.45) is 9.98 Å². The molecule has 0 spiro atoms. The summed E-state index contributed by atoms with van der Waals surface area (Å²) >= 11 is 0. The van der Waals surface area contributed by atoms with Gasteiger partial charge in [-0.05, 0) is 49.9 Å². The second kappa shape index (κ2) is 8.17. The Morgan fingerprint density at radius 3 is 1.62 bits per heavy atom. The third-order valence-corrected chi connectivity index (χ3v) is 5.04. The molecule has 1 saturated carbocycles. The van der Waals surface area contributed by atoms with Crippen LogP contribution >= 0.6 is 0 Å². The Balaban J connectivity index is 1.77. The molecule has 3 rings (SSSR count). The zero-order chi connectivity index (χ0) is 18.5. The van der Waals surface area contributed by atoms with Gasteiger partial charge < -0.3 is 10.2 Å². The van der Waals surface area contributed by atoms with E-state index in [4.69, 9.17) is 9.98 Å². The van der Waals surface area contributed by atoms with Crippen molar-refractivity contribution in [3.8, 4) is 11.5 Å². The number of aryl methyl sites for hydroxylation is 2. The fourth-order valence-corrected chi connectivity index (χ4v) is 3.36. The van der Waals surface area contributed by atoms with Crippen molar-refractivity contribution in [3.05, 3.63) is 58.7 Å². The highest BCUT2D eigenvalue weighted by atomic mass is 16.3. The van der Waals surface area contributed by atoms with E-state index in [1.54, 1.807) is 12.4 Å². The van der Waals surface area contributed by atoms with E-state index in [1.807, 2.05) is 50.2 Å². The molecule has 2 aromatic rings. The minimum atomic E-state index is 0.104. The maximum absolute atomic E-state index is 10.2. The van der Waals surface area contributed by atoms with Crippen molar-refractivity contribution in [3.63, 3.8) is 0 Å². The van der Waals surface area contributed by atoms with Crippen LogP contribution in [0.1, 0.15) is 47.9 Å². The molecule has 26 heavy (non-hydrogen) atoms. The second-order valence-corrected chi connectivity index (χ2v) is 7.00. The molecule has 0 aliphatic heterocycles. The second-order valence-electron chi connectivity index (χ2n) is 7.00. The van der Waals surface area contributed by atoms with Gasteiger partial charge >= 0.3 is 0 Å². The lowest BCUT2D eigenvalue weighted by Crippen LogP contribution is -2.27. The SMILES string of the molecule is Cc1cccc(C=N[C@@H]2CCCC[C@H]2N=Cc2cccc(C)c2O)c1O. The van der Waals surface area contributed by atoms with Gasteiger partial charge in [0.1, 0.15) is 11.5 Å². The summed E-state index contributed by atoms with van der Waals surface area (Å²) in [5.41, 5.74) is 3.19. The van der Waals surface area contributed by atoms with Crippen LogP contribution in [0.15, 0.2) is 46.4 Å². The molecule has 0 unspecified atom stereocenters. The van der Waals surface area contributed by atoms with Crippen LogP contribution in [0.5, 0.6) is 11.5 Å². The summed E-state index contributed by atoms with van der Waals surface area (Å²) in [5.74, 6) is 0.577. The van der Waals surface area contributed by atoms with Gasteiger partial charge in [0.05, 0.1) is 12.1 Å². The Bertz CT molecular complexity index is 757. The molecule has 2 aromatic carbocycles. The predicted molar refractivity (Wildman–Crippen MR) is 107 cm³/mol. The molecule has 1 fully saturated rings. The Labute approximate surface area is 155 Å². The first-order valence-electron chi connectivity index (χ1n) is 9.20. The third kappa shape index (κ3) is 4.13. The third-order valence-electron chi connectivity index (χ3n) is 5.04. The predicted octanol–water partition coefficient (Wildman–Crippen LogP) is 4.56. The minimum absolute atomic E-state index is 0.104. The number of phenolic OH excluding ortho intramolecular Hbond substituents is 2. The first-order valence-corrected chi connectivity index (χ1v) is 9.20. The Morgan fingerprint density at radius 1 is 0.769 bits per heavy atom. The molecule has 0 bridgehead atoms. The van der Waals surface area contributed by atoms with Gasteiger partial charge in [-0.15, -0.1) is 0 Å². The fraction of sp³-hybridized carbons (Fsp3) is 0.364. The van der Waals surface area contributed by atoms with Gasteiger partial charge in [0.15, 0.2) is 0 Å². The zero-order valence-electron chi connectivity index (χ0n) is 15.4. The molecular weight excluding hydrogens is 324 g/mol. The van der Waals surface area contributed by atoms with Crippen LogP contribution in [-0.4, -0.2) is 34.7 Å². The number of rotatable bonds is 4. The van der Waals surface area contributed by atoms with E-state index in [1.165, 1.54) is 0 Å². The van der Waals surface area contributed by atoms with Crippen LogP contribution < -0.4 is 0 Å². The molecule has 0 saturated heterocycles. The van der Waals surface area contributed by atoms with E-state index < -0.39 is 0 Å². The molecule has 1 aliphatic carbocycles. The van der Waals surface area contributed by atoms with Crippen LogP contribution in [0.2, 0.25) is 0 Å². The number of hydrogen-bond donors (Lipinski definition) is 2. The van der Waals surface area contributed by atoms with Gasteiger partial charge in [-0.3, -0.25) is 9.98 Å². The van der Waals surface area contributed by atoms with Crippen molar-refractivity contribution in [1.82, 2.24) is 0 Å². The van der Waals surface area contributed by atoms with Crippen LogP contribution in [0.3, 0.4) is 0 Å². The largest absolute Gasteiger partial charge is 0.507 e. The Hall–Kier alpha value is -2.62. The first-order chi connectivity index (χ1) is 12.6. The van der Waals surface area contributed by atoms with Crippen molar-refractivity contribution >= 4 is 12.4 Å². The topological polar surface area (TPSA) is 65.2 Å². The maximum atomic E-state index is 10.2. The highest BCUT2D eigenvalue weighted by Gasteiger charge is 2.23. The summed E-state index contributed by atoms with van der Waals surface area (Å²) in [6.07, 6.45) is 7.80. The molecule has 1 aliphatic rings. The molecule has 2 N–H and O–H groups in total. The summed E-state index contributed by atoms with van der Waals surface area (Å²) in [5, 5.41) is 20.3. The molecule has 136 valence electrons. The van der Waals surface area contributed by atoms with E-state index in [0.29, 0.717) is 0 Å². The molecule has 0 heterocycles. The van der Waals surface area contributed by atoms with E-state index in [0.717, 1.165) is 47.9 Å². The molecule has 4 heteroatoms. The van der Waals surface area contributed by atoms with Gasteiger partial charge in [0, 0.05) is 23.6 Å². The number of hydrogen-bond acceptors (Lipinski definition) is 4. The maximum Gasteiger partial charge on any atom is 0.127 e. The van der Waals surface area contributed by atoms with Gasteiger partial charge in [-0.1, -0.05) is 37.1 Å². The summed E-state index contributed by atoms with van der Waals surface area (Å²) in [7, 11) is 0. The lowest BCUT2D eigenvalue weighted by molar-refractivity contribution is 0.390. The monoisotopic (exact) mass is 350 g/mol. The van der Waals surface area contributed by atoms with E-state index in [9.17, 15) is 10.2 Å². The van der Waals surface area contributed by atoms with Crippen LogP contribution in [-0.2, 0) is 0 Å². The molecule has 4 nitrogen and oxygen atoms in total. The summed E-state index contributed by atoms with van der Waals surface area (Å²) < 4.78 is 0. The number of para-hydroxylation sites is 2. The summed E-state index contributed by atoms with van der Waals surface area (Å²) in [6.45, 7) is 3.77. The number of aromatic hydroxyl groups is 2. The average Bonchev–Trinajstić information content (AvgIpc) is 2.65. The van der Waals surface area contributed by atoms with E-state index in [2.05, 4.69) is 0 Å². The minimum Gasteiger partial charge on any atom is -0.507 e. The van der Waals surface area contributed by atoms with Crippen molar-refractivity contribution in [2.75, 3.05) is 0 Å². The standard InChI is InChI=1S/C22H26N2O2/c1-15-7-5-9-17(21(15)25)13-23-19-11-3-4-12-20(19)24-14-18-10-6-8-16(2)22(18)26/h5-10,13-14,19-20,25-26H,3-4,11-12H2,1-2H3/t19-,20-/m1/s1. The van der Waals surface area contributed by atoms with Gasteiger partial charge in [0.2, 0.25) is 0 Å². The van der Waals surface area contributed by atoms with Gasteiger partial charge in [0.25, 0.3) is 0 Å². The Kier molecular flexibility index (Phi) is 5.71. The summed E-state index contributed by atoms with van der Waals surface area (Å²) in [4.78, 5) is 9.46. The van der Waals surface area contributed by atoms with Crippen LogP contribution in [0.25, 0.3) is 0 Å². The number of aliphatic imine (C=N–C) groups is 2. The first kappa shape index (κ1) is 18.2. The molecule has 2 atom stereocenters. The highest BCUT2D eigenvalue weighted by Crippen LogP contribution is 2.26. The molecule has 0 amide bonds. The normalized spacial score (nSPS) is 20.8.